The number of nitrogens with zero attached hydrogens (tertiary/aromatic N) is 4. The third kappa shape index (κ3) is 4.62. The van der Waals surface area contributed by atoms with Gasteiger partial charge in [0.1, 0.15) is 12.4 Å². The van der Waals surface area contributed by atoms with Crippen LogP contribution in [0.5, 0.6) is 5.75 Å². The normalized spacial score (nSPS) is 11.0. The summed E-state index contributed by atoms with van der Waals surface area (Å²) in [6, 6.07) is 6.08. The lowest BCUT2D eigenvalue weighted by atomic mass is 10.1. The van der Waals surface area contributed by atoms with Crippen LogP contribution in [0, 0.1) is 27.7 Å². The van der Waals surface area contributed by atoms with Crippen molar-refractivity contribution in [3.63, 3.8) is 0 Å². The molecule has 148 valence electrons. The predicted octanol–water partition coefficient (Wildman–Crippen LogP) is 2.82. The minimum absolute atomic E-state index is 0.0680. The highest BCUT2D eigenvalue weighted by Crippen LogP contribution is 2.17. The zero-order valence-electron chi connectivity index (χ0n) is 16.9. The fourth-order valence-corrected chi connectivity index (χ4v) is 3.47. The number of carbonyl (C=O) groups is 1. The summed E-state index contributed by atoms with van der Waals surface area (Å²) in [7, 11) is 0. The molecule has 0 fully saturated rings. The number of aryl methyl sites for hydroxylation is 4. The number of fused-ring (bicyclic) bond motifs is 1. The van der Waals surface area contributed by atoms with Gasteiger partial charge in [0.15, 0.2) is 0 Å². The van der Waals surface area contributed by atoms with Gasteiger partial charge in [-0.3, -0.25) is 4.79 Å². The first-order valence-electron chi connectivity index (χ1n) is 9.12. The van der Waals surface area contributed by atoms with E-state index in [4.69, 9.17) is 4.74 Å². The fraction of sp³-hybridized carbons (Fsp3) is 0.400. The molecular weight excluding hydrogens is 374 g/mol. The van der Waals surface area contributed by atoms with Crippen molar-refractivity contribution in [2.45, 2.75) is 39.3 Å². The minimum Gasteiger partial charge on any atom is -0.492 e. The molecule has 1 amide bonds. The van der Waals surface area contributed by atoms with E-state index in [-0.39, 0.29) is 12.3 Å². The molecule has 28 heavy (non-hydrogen) atoms. The maximum Gasteiger partial charge on any atom is 0.253 e. The standard InChI is InChI=1S/C20H25N5O2S/c1-12-8-13(2)10-16(9-12)27-7-6-21-18(26)11-17-14(3)22-19-23-20(28-5)24-25(19)15(17)4/h8-10H,6-7,11H2,1-5H3,(H,21,26). The maximum absolute atomic E-state index is 12.4. The van der Waals surface area contributed by atoms with Gasteiger partial charge >= 0.3 is 0 Å². The molecule has 0 aliphatic rings. The molecule has 1 N–H and O–H groups in total. The third-order valence-electron chi connectivity index (χ3n) is 4.44. The van der Waals surface area contributed by atoms with Crippen LogP contribution in [0.15, 0.2) is 23.4 Å². The second-order valence-corrected chi connectivity index (χ2v) is 7.54. The molecule has 2 heterocycles. The molecule has 3 rings (SSSR count). The molecule has 2 aromatic heterocycles. The molecule has 0 aliphatic carbocycles. The molecule has 0 unspecified atom stereocenters. The van der Waals surface area contributed by atoms with E-state index in [0.29, 0.717) is 24.1 Å². The number of nitrogens with one attached hydrogen (secondary N) is 1. The number of thioether (sulfide) groups is 1. The SMILES string of the molecule is CSc1nc2nc(C)c(CC(=O)NCCOc3cc(C)cc(C)c3)c(C)n2n1. The van der Waals surface area contributed by atoms with Crippen molar-refractivity contribution >= 4 is 23.4 Å². The highest BCUT2D eigenvalue weighted by Gasteiger charge is 2.15. The first-order valence-corrected chi connectivity index (χ1v) is 10.3. The Morgan fingerprint density at radius 1 is 1.14 bits per heavy atom. The molecular formula is C20H25N5O2S. The smallest absolute Gasteiger partial charge is 0.253 e. The number of carbonyl (C=O) groups excluding carboxylic acids is 1. The van der Waals surface area contributed by atoms with E-state index in [9.17, 15) is 4.79 Å². The lowest BCUT2D eigenvalue weighted by molar-refractivity contribution is -0.120. The molecule has 0 spiro atoms. The van der Waals surface area contributed by atoms with Crippen LogP contribution < -0.4 is 10.1 Å². The topological polar surface area (TPSA) is 81.4 Å². The van der Waals surface area contributed by atoms with E-state index in [1.54, 1.807) is 4.52 Å². The summed E-state index contributed by atoms with van der Waals surface area (Å²) in [5.74, 6) is 1.32. The van der Waals surface area contributed by atoms with Gasteiger partial charge in [0, 0.05) is 17.0 Å². The second-order valence-electron chi connectivity index (χ2n) is 6.77. The van der Waals surface area contributed by atoms with E-state index >= 15 is 0 Å². The molecule has 8 heteroatoms. The number of amides is 1. The van der Waals surface area contributed by atoms with Gasteiger partial charge in [0.2, 0.25) is 11.1 Å². The Kier molecular flexibility index (Phi) is 6.18. The lowest BCUT2D eigenvalue weighted by Crippen LogP contribution is -2.30. The largest absolute Gasteiger partial charge is 0.492 e. The summed E-state index contributed by atoms with van der Waals surface area (Å²) < 4.78 is 7.44. The number of hydrogen-bond acceptors (Lipinski definition) is 6. The zero-order valence-corrected chi connectivity index (χ0v) is 17.7. The Labute approximate surface area is 168 Å². The molecule has 3 aromatic rings. The maximum atomic E-state index is 12.4. The monoisotopic (exact) mass is 399 g/mol. The summed E-state index contributed by atoms with van der Waals surface area (Å²) in [4.78, 5) is 21.2. The third-order valence-corrected chi connectivity index (χ3v) is 4.98. The average Bonchev–Trinajstić information content (AvgIpc) is 3.05. The average molecular weight is 400 g/mol. The number of ether oxygens (including phenoxy) is 1. The van der Waals surface area contributed by atoms with Gasteiger partial charge in [0.05, 0.1) is 13.0 Å². The number of rotatable bonds is 7. The van der Waals surface area contributed by atoms with Crippen molar-refractivity contribution < 1.29 is 9.53 Å². The number of aromatic nitrogens is 4. The molecule has 0 atom stereocenters. The summed E-state index contributed by atoms with van der Waals surface area (Å²) in [5.41, 5.74) is 4.87. The van der Waals surface area contributed by atoms with Crippen LogP contribution >= 0.6 is 11.8 Å². The summed E-state index contributed by atoms with van der Waals surface area (Å²) in [6.07, 6.45) is 2.17. The van der Waals surface area contributed by atoms with Gasteiger partial charge in [-0.15, -0.1) is 5.10 Å². The molecule has 0 saturated heterocycles. The Morgan fingerprint density at radius 3 is 2.54 bits per heavy atom. The Bertz CT molecular complexity index is 995. The molecule has 0 bridgehead atoms. The van der Waals surface area contributed by atoms with E-state index < -0.39 is 0 Å². The van der Waals surface area contributed by atoms with E-state index in [2.05, 4.69) is 26.4 Å². The Hall–Kier alpha value is -2.61. The lowest BCUT2D eigenvalue weighted by Gasteiger charge is -2.12. The summed E-state index contributed by atoms with van der Waals surface area (Å²) in [5, 5.41) is 7.99. The van der Waals surface area contributed by atoms with Crippen LogP contribution in [-0.4, -0.2) is 44.9 Å². The van der Waals surface area contributed by atoms with Crippen molar-refractivity contribution in [2.75, 3.05) is 19.4 Å². The van der Waals surface area contributed by atoms with Crippen LogP contribution in [0.2, 0.25) is 0 Å². The Morgan fingerprint density at radius 2 is 1.86 bits per heavy atom. The van der Waals surface area contributed by atoms with Crippen LogP contribution in [0.25, 0.3) is 5.78 Å². The summed E-state index contributed by atoms with van der Waals surface area (Å²) in [6.45, 7) is 8.77. The first kappa shape index (κ1) is 20.1. The fourth-order valence-electron chi connectivity index (χ4n) is 3.13. The van der Waals surface area contributed by atoms with E-state index in [0.717, 1.165) is 33.8 Å². The highest BCUT2D eigenvalue weighted by molar-refractivity contribution is 7.98. The van der Waals surface area contributed by atoms with Crippen LogP contribution in [0.1, 0.15) is 28.1 Å². The molecule has 1 aromatic carbocycles. The molecule has 0 radical (unpaired) electrons. The summed E-state index contributed by atoms with van der Waals surface area (Å²) >= 11 is 1.47. The van der Waals surface area contributed by atoms with E-state index in [1.165, 1.54) is 11.8 Å². The van der Waals surface area contributed by atoms with Crippen LogP contribution in [-0.2, 0) is 11.2 Å². The van der Waals surface area contributed by atoms with Crippen molar-refractivity contribution in [3.8, 4) is 5.75 Å². The van der Waals surface area contributed by atoms with Crippen LogP contribution in [0.4, 0.5) is 0 Å². The Balaban J connectivity index is 1.58. The number of benzene rings is 1. The first-order chi connectivity index (χ1) is 13.4. The quantitative estimate of drug-likeness (QED) is 0.486. The predicted molar refractivity (Wildman–Crippen MR) is 110 cm³/mol. The van der Waals surface area contributed by atoms with Gasteiger partial charge < -0.3 is 10.1 Å². The van der Waals surface area contributed by atoms with Gasteiger partial charge in [-0.25, -0.2) is 9.50 Å². The van der Waals surface area contributed by atoms with Gasteiger partial charge in [-0.1, -0.05) is 17.8 Å². The minimum atomic E-state index is -0.0680. The van der Waals surface area contributed by atoms with Gasteiger partial charge in [-0.2, -0.15) is 4.98 Å². The second kappa shape index (κ2) is 8.60. The molecule has 0 saturated carbocycles. The highest BCUT2D eigenvalue weighted by atomic mass is 32.2. The van der Waals surface area contributed by atoms with Crippen molar-refractivity contribution in [1.82, 2.24) is 24.9 Å². The van der Waals surface area contributed by atoms with Crippen molar-refractivity contribution in [3.05, 3.63) is 46.3 Å². The molecule has 0 aliphatic heterocycles. The zero-order chi connectivity index (χ0) is 20.3. The van der Waals surface area contributed by atoms with Crippen LogP contribution in [0.3, 0.4) is 0 Å². The van der Waals surface area contributed by atoms with Crippen molar-refractivity contribution in [1.29, 1.82) is 0 Å². The molecule has 7 nitrogen and oxygen atoms in total. The van der Waals surface area contributed by atoms with Crippen molar-refractivity contribution in [2.24, 2.45) is 0 Å². The van der Waals surface area contributed by atoms with Gasteiger partial charge in [-0.05, 0) is 57.2 Å². The van der Waals surface area contributed by atoms with E-state index in [1.807, 2.05) is 46.1 Å². The number of hydrogen-bond donors (Lipinski definition) is 1. The van der Waals surface area contributed by atoms with Gasteiger partial charge in [0.25, 0.3) is 5.78 Å².